The highest BCUT2D eigenvalue weighted by Gasteiger charge is 2.13. The van der Waals surface area contributed by atoms with Crippen molar-refractivity contribution in [2.45, 2.75) is 13.8 Å². The molecular formula is C17H17N3O2. The zero-order chi connectivity index (χ0) is 15.5. The second-order valence-corrected chi connectivity index (χ2v) is 4.92. The van der Waals surface area contributed by atoms with Gasteiger partial charge >= 0.3 is 0 Å². The van der Waals surface area contributed by atoms with Crippen LogP contribution in [0.15, 0.2) is 53.6 Å². The van der Waals surface area contributed by atoms with E-state index in [9.17, 15) is 4.79 Å². The molecule has 1 aromatic carbocycles. The Hall–Kier alpha value is -2.82. The zero-order valence-electron chi connectivity index (χ0n) is 12.5. The van der Waals surface area contributed by atoms with Gasteiger partial charge in [-0.3, -0.25) is 14.9 Å². The van der Waals surface area contributed by atoms with Crippen molar-refractivity contribution < 1.29 is 4.74 Å². The normalized spacial score (nSPS) is 10.6. The standard InChI is InChI=1S/C17H17N3O2/c1-3-22-15-8-6-14(7-9-15)20-17(21)12(2)16(19-20)13-5-4-10-18-11-13/h4-11,19H,3H2,1-2H3. The number of aromatic nitrogens is 3. The average Bonchev–Trinajstić information content (AvgIpc) is 2.85. The summed E-state index contributed by atoms with van der Waals surface area (Å²) < 4.78 is 6.95. The largest absolute Gasteiger partial charge is 0.494 e. The van der Waals surface area contributed by atoms with E-state index in [0.29, 0.717) is 12.2 Å². The number of aromatic amines is 1. The molecule has 0 saturated heterocycles. The number of ether oxygens (including phenoxy) is 1. The third-order valence-corrected chi connectivity index (χ3v) is 3.48. The van der Waals surface area contributed by atoms with E-state index in [1.54, 1.807) is 12.4 Å². The van der Waals surface area contributed by atoms with Gasteiger partial charge in [-0.2, -0.15) is 0 Å². The Morgan fingerprint density at radius 3 is 2.64 bits per heavy atom. The third kappa shape index (κ3) is 2.53. The lowest BCUT2D eigenvalue weighted by Gasteiger charge is -2.05. The highest BCUT2D eigenvalue weighted by molar-refractivity contribution is 5.61. The van der Waals surface area contributed by atoms with Crippen molar-refractivity contribution in [2.24, 2.45) is 0 Å². The van der Waals surface area contributed by atoms with Gasteiger partial charge < -0.3 is 4.74 Å². The highest BCUT2D eigenvalue weighted by Crippen LogP contribution is 2.20. The van der Waals surface area contributed by atoms with Crippen molar-refractivity contribution in [2.75, 3.05) is 6.61 Å². The van der Waals surface area contributed by atoms with Gasteiger partial charge in [0.25, 0.3) is 5.56 Å². The molecule has 0 fully saturated rings. The fraction of sp³-hybridized carbons (Fsp3) is 0.176. The summed E-state index contributed by atoms with van der Waals surface area (Å²) in [5, 5.41) is 3.16. The van der Waals surface area contributed by atoms with Crippen LogP contribution in [0.5, 0.6) is 5.75 Å². The smallest absolute Gasteiger partial charge is 0.274 e. The van der Waals surface area contributed by atoms with Crippen LogP contribution >= 0.6 is 0 Å². The van der Waals surface area contributed by atoms with Gasteiger partial charge in [0.2, 0.25) is 0 Å². The van der Waals surface area contributed by atoms with E-state index in [1.165, 1.54) is 4.68 Å². The number of nitrogens with one attached hydrogen (secondary N) is 1. The molecule has 22 heavy (non-hydrogen) atoms. The monoisotopic (exact) mass is 295 g/mol. The van der Waals surface area contributed by atoms with Gasteiger partial charge in [0, 0.05) is 23.5 Å². The predicted molar refractivity (Wildman–Crippen MR) is 85.5 cm³/mol. The van der Waals surface area contributed by atoms with Crippen molar-refractivity contribution in [3.63, 3.8) is 0 Å². The van der Waals surface area contributed by atoms with Crippen LogP contribution in [0.3, 0.4) is 0 Å². The van der Waals surface area contributed by atoms with E-state index >= 15 is 0 Å². The third-order valence-electron chi connectivity index (χ3n) is 3.48. The summed E-state index contributed by atoms with van der Waals surface area (Å²) in [4.78, 5) is 16.6. The number of hydrogen-bond acceptors (Lipinski definition) is 3. The summed E-state index contributed by atoms with van der Waals surface area (Å²) in [6.45, 7) is 4.37. The summed E-state index contributed by atoms with van der Waals surface area (Å²) in [7, 11) is 0. The Kier molecular flexibility index (Phi) is 3.78. The van der Waals surface area contributed by atoms with Crippen LogP contribution in [0.25, 0.3) is 16.9 Å². The molecule has 5 nitrogen and oxygen atoms in total. The average molecular weight is 295 g/mol. The van der Waals surface area contributed by atoms with Crippen molar-refractivity contribution in [1.29, 1.82) is 0 Å². The number of pyridine rings is 1. The maximum absolute atomic E-state index is 12.5. The lowest BCUT2D eigenvalue weighted by atomic mass is 10.1. The molecule has 112 valence electrons. The Morgan fingerprint density at radius 2 is 2.00 bits per heavy atom. The molecule has 0 unspecified atom stereocenters. The maximum Gasteiger partial charge on any atom is 0.274 e. The van der Waals surface area contributed by atoms with Crippen molar-refractivity contribution in [3.05, 3.63) is 64.7 Å². The molecule has 2 heterocycles. The second-order valence-electron chi connectivity index (χ2n) is 4.92. The van der Waals surface area contributed by atoms with E-state index in [-0.39, 0.29) is 5.56 Å². The summed E-state index contributed by atoms with van der Waals surface area (Å²) >= 11 is 0. The minimum atomic E-state index is -0.0667. The lowest BCUT2D eigenvalue weighted by Crippen LogP contribution is -2.15. The van der Waals surface area contributed by atoms with E-state index in [2.05, 4.69) is 10.1 Å². The van der Waals surface area contributed by atoms with Crippen molar-refractivity contribution in [3.8, 4) is 22.7 Å². The predicted octanol–water partition coefficient (Wildman–Crippen LogP) is 2.93. The molecule has 0 amide bonds. The quantitative estimate of drug-likeness (QED) is 0.805. The summed E-state index contributed by atoms with van der Waals surface area (Å²) in [5.74, 6) is 0.787. The molecule has 1 N–H and O–H groups in total. The molecule has 3 rings (SSSR count). The number of benzene rings is 1. The fourth-order valence-electron chi connectivity index (χ4n) is 2.35. The fourth-order valence-corrected chi connectivity index (χ4v) is 2.35. The van der Waals surface area contributed by atoms with Crippen LogP contribution in [-0.4, -0.2) is 21.4 Å². The van der Waals surface area contributed by atoms with Gasteiger partial charge in [-0.15, -0.1) is 0 Å². The molecule has 0 aliphatic carbocycles. The van der Waals surface area contributed by atoms with Gasteiger partial charge in [-0.1, -0.05) is 0 Å². The number of rotatable bonds is 4. The van der Waals surface area contributed by atoms with Crippen LogP contribution in [0.4, 0.5) is 0 Å². The minimum Gasteiger partial charge on any atom is -0.494 e. The second kappa shape index (κ2) is 5.89. The van der Waals surface area contributed by atoms with Crippen LogP contribution < -0.4 is 10.3 Å². The molecule has 0 bridgehead atoms. The van der Waals surface area contributed by atoms with Crippen LogP contribution in [0.2, 0.25) is 0 Å². The van der Waals surface area contributed by atoms with Gasteiger partial charge in [0.1, 0.15) is 5.75 Å². The first-order chi connectivity index (χ1) is 10.7. The summed E-state index contributed by atoms with van der Waals surface area (Å²) in [5.41, 5.74) is 3.05. The first kappa shape index (κ1) is 14.1. The maximum atomic E-state index is 12.5. The lowest BCUT2D eigenvalue weighted by molar-refractivity contribution is 0.340. The van der Waals surface area contributed by atoms with E-state index in [0.717, 1.165) is 22.7 Å². The van der Waals surface area contributed by atoms with Gasteiger partial charge in [-0.05, 0) is 50.2 Å². The molecule has 0 aliphatic rings. The molecular weight excluding hydrogens is 278 g/mol. The minimum absolute atomic E-state index is 0.0667. The molecule has 0 atom stereocenters. The molecule has 0 spiro atoms. The molecule has 0 radical (unpaired) electrons. The molecule has 0 aliphatic heterocycles. The summed E-state index contributed by atoms with van der Waals surface area (Å²) in [6.07, 6.45) is 3.45. The van der Waals surface area contributed by atoms with Crippen molar-refractivity contribution >= 4 is 0 Å². The highest BCUT2D eigenvalue weighted by atomic mass is 16.5. The van der Waals surface area contributed by atoms with E-state index < -0.39 is 0 Å². The van der Waals surface area contributed by atoms with Gasteiger partial charge in [0.05, 0.1) is 18.0 Å². The van der Waals surface area contributed by atoms with Crippen molar-refractivity contribution in [1.82, 2.24) is 14.8 Å². The van der Waals surface area contributed by atoms with Crippen LogP contribution in [0, 0.1) is 6.92 Å². The van der Waals surface area contributed by atoms with E-state index in [1.807, 2.05) is 50.2 Å². The Labute approximate surface area is 128 Å². The van der Waals surface area contributed by atoms with E-state index in [4.69, 9.17) is 4.74 Å². The number of H-pyrrole nitrogens is 1. The topological polar surface area (TPSA) is 59.9 Å². The molecule has 2 aromatic heterocycles. The first-order valence-corrected chi connectivity index (χ1v) is 7.16. The van der Waals surface area contributed by atoms with Crippen LogP contribution in [-0.2, 0) is 0 Å². The SMILES string of the molecule is CCOc1ccc(-n2[nH]c(-c3cccnc3)c(C)c2=O)cc1. The number of nitrogens with zero attached hydrogens (tertiary/aromatic N) is 2. The summed E-state index contributed by atoms with van der Waals surface area (Å²) in [6, 6.07) is 11.2. The zero-order valence-corrected chi connectivity index (χ0v) is 12.5. The number of hydrogen-bond donors (Lipinski definition) is 1. The van der Waals surface area contributed by atoms with Gasteiger partial charge in [-0.25, -0.2) is 4.68 Å². The van der Waals surface area contributed by atoms with Crippen LogP contribution in [0.1, 0.15) is 12.5 Å². The molecule has 5 heteroatoms. The molecule has 0 saturated carbocycles. The van der Waals surface area contributed by atoms with Gasteiger partial charge in [0.15, 0.2) is 0 Å². The molecule has 3 aromatic rings. The Morgan fingerprint density at radius 1 is 1.23 bits per heavy atom. The Balaban J connectivity index is 2.04. The first-order valence-electron chi connectivity index (χ1n) is 7.16. The Bertz CT molecular complexity index is 817.